The first-order valence-electron chi connectivity index (χ1n) is 5.62. The van der Waals surface area contributed by atoms with E-state index in [0.29, 0.717) is 5.56 Å². The maximum absolute atomic E-state index is 13.7. The van der Waals surface area contributed by atoms with Gasteiger partial charge in [-0.1, -0.05) is 18.2 Å². The number of hydrogen-bond acceptors (Lipinski definition) is 5. The number of rotatable bonds is 3. The molecule has 1 unspecified atom stereocenters. The molecule has 0 aliphatic carbocycles. The quantitative estimate of drug-likeness (QED) is 0.910. The second-order valence-electron chi connectivity index (χ2n) is 4.11. The molecule has 1 atom stereocenters. The van der Waals surface area contributed by atoms with Crippen molar-refractivity contribution >= 4 is 11.7 Å². The number of nitrogens with two attached hydrogens (primary N) is 1. The van der Waals surface area contributed by atoms with Crippen molar-refractivity contribution in [2.45, 2.75) is 13.0 Å². The van der Waals surface area contributed by atoms with Gasteiger partial charge in [-0.2, -0.15) is 0 Å². The summed E-state index contributed by atoms with van der Waals surface area (Å²) in [6, 6.07) is 5.79. The van der Waals surface area contributed by atoms with E-state index in [4.69, 9.17) is 5.73 Å². The maximum atomic E-state index is 13.7. The van der Waals surface area contributed by atoms with Crippen molar-refractivity contribution in [2.75, 3.05) is 12.8 Å². The van der Waals surface area contributed by atoms with Gasteiger partial charge in [-0.15, -0.1) is 0 Å². The zero-order chi connectivity index (χ0) is 14.0. The number of halogens is 1. The van der Waals surface area contributed by atoms with Crippen molar-refractivity contribution in [2.24, 2.45) is 0 Å². The summed E-state index contributed by atoms with van der Waals surface area (Å²) in [5.74, 6) is -0.937. The third kappa shape index (κ3) is 2.40. The summed E-state index contributed by atoms with van der Waals surface area (Å²) in [4.78, 5) is 13.4. The zero-order valence-corrected chi connectivity index (χ0v) is 10.5. The van der Waals surface area contributed by atoms with Crippen LogP contribution in [0.1, 0.15) is 29.0 Å². The van der Waals surface area contributed by atoms with E-state index in [9.17, 15) is 9.18 Å². The van der Waals surface area contributed by atoms with Crippen molar-refractivity contribution < 1.29 is 13.8 Å². The molecule has 0 fully saturated rings. The first-order chi connectivity index (χ1) is 9.02. The van der Waals surface area contributed by atoms with Gasteiger partial charge < -0.3 is 10.6 Å². The summed E-state index contributed by atoms with van der Waals surface area (Å²) in [6.45, 7) is 1.71. The highest BCUT2D eigenvalue weighted by Crippen LogP contribution is 2.23. The maximum Gasteiger partial charge on any atom is 0.280 e. The van der Waals surface area contributed by atoms with Crippen molar-refractivity contribution in [3.8, 4) is 0 Å². The molecule has 19 heavy (non-hydrogen) atoms. The molecular formula is C12H13FN4O2. The fraction of sp³-hybridized carbons (Fsp3) is 0.250. The van der Waals surface area contributed by atoms with E-state index in [1.54, 1.807) is 25.1 Å². The largest absolute Gasteiger partial charge is 0.379 e. The number of carbonyl (C=O) groups is 1. The van der Waals surface area contributed by atoms with Gasteiger partial charge in [0, 0.05) is 12.6 Å². The first-order valence-corrected chi connectivity index (χ1v) is 5.62. The summed E-state index contributed by atoms with van der Waals surface area (Å²) < 4.78 is 18.1. The standard InChI is InChI=1S/C12H13FN4O2/c1-7(8-5-3-4-6-9(8)13)17(2)12(18)10-11(14)16-19-15-10/h3-7H,1-2H3,(H2,14,16). The van der Waals surface area contributed by atoms with Crippen LogP contribution in [0.4, 0.5) is 10.2 Å². The second-order valence-corrected chi connectivity index (χ2v) is 4.11. The number of anilines is 1. The molecule has 1 heterocycles. The van der Waals surface area contributed by atoms with Gasteiger partial charge in [-0.25, -0.2) is 9.02 Å². The van der Waals surface area contributed by atoms with Crippen molar-refractivity contribution in [3.05, 3.63) is 41.3 Å². The Labute approximate surface area is 109 Å². The van der Waals surface area contributed by atoms with Crippen molar-refractivity contribution in [3.63, 3.8) is 0 Å². The van der Waals surface area contributed by atoms with Crippen LogP contribution >= 0.6 is 0 Å². The Morgan fingerprint density at radius 2 is 2.11 bits per heavy atom. The molecule has 2 aromatic rings. The molecule has 100 valence electrons. The third-order valence-electron chi connectivity index (χ3n) is 2.97. The highest BCUT2D eigenvalue weighted by Gasteiger charge is 2.25. The predicted octanol–water partition coefficient (Wildman–Crippen LogP) is 1.62. The van der Waals surface area contributed by atoms with Crippen LogP contribution in [-0.2, 0) is 0 Å². The molecule has 0 saturated heterocycles. The van der Waals surface area contributed by atoms with Gasteiger partial charge in [-0.3, -0.25) is 4.79 Å². The SMILES string of the molecule is CC(c1ccccc1F)N(C)C(=O)c1nonc1N. The van der Waals surface area contributed by atoms with Crippen LogP contribution in [0.2, 0.25) is 0 Å². The molecule has 7 heteroatoms. The van der Waals surface area contributed by atoms with E-state index in [-0.39, 0.29) is 17.3 Å². The molecule has 1 aromatic carbocycles. The Bertz CT molecular complexity index is 599. The monoisotopic (exact) mass is 264 g/mol. The van der Waals surface area contributed by atoms with Gasteiger partial charge >= 0.3 is 0 Å². The van der Waals surface area contributed by atoms with Gasteiger partial charge in [0.2, 0.25) is 11.5 Å². The molecule has 0 aliphatic rings. The fourth-order valence-corrected chi connectivity index (χ4v) is 1.71. The Morgan fingerprint density at radius 1 is 1.42 bits per heavy atom. The molecule has 0 aliphatic heterocycles. The minimum absolute atomic E-state index is 0.0781. The van der Waals surface area contributed by atoms with Gasteiger partial charge in [-0.05, 0) is 23.3 Å². The first kappa shape index (κ1) is 13.0. The molecule has 1 amide bonds. The predicted molar refractivity (Wildman–Crippen MR) is 65.6 cm³/mol. The number of benzene rings is 1. The summed E-state index contributed by atoms with van der Waals surface area (Å²) >= 11 is 0. The molecule has 6 nitrogen and oxygen atoms in total. The van der Waals surface area contributed by atoms with E-state index >= 15 is 0 Å². The van der Waals surface area contributed by atoms with Crippen LogP contribution in [-0.4, -0.2) is 28.2 Å². The number of nitrogen functional groups attached to an aromatic ring is 1. The zero-order valence-electron chi connectivity index (χ0n) is 10.5. The summed E-state index contributed by atoms with van der Waals surface area (Å²) in [6.07, 6.45) is 0. The van der Waals surface area contributed by atoms with Crippen molar-refractivity contribution in [1.29, 1.82) is 0 Å². The lowest BCUT2D eigenvalue weighted by Crippen LogP contribution is -2.31. The average Bonchev–Trinajstić information content (AvgIpc) is 2.83. The topological polar surface area (TPSA) is 85.2 Å². The molecule has 2 N–H and O–H groups in total. The third-order valence-corrected chi connectivity index (χ3v) is 2.97. The van der Waals surface area contributed by atoms with E-state index in [1.165, 1.54) is 18.0 Å². The van der Waals surface area contributed by atoms with Gasteiger partial charge in [0.25, 0.3) is 5.91 Å². The highest BCUT2D eigenvalue weighted by atomic mass is 19.1. The van der Waals surface area contributed by atoms with E-state index in [0.717, 1.165) is 0 Å². The number of carbonyl (C=O) groups excluding carboxylic acids is 1. The molecule has 0 saturated carbocycles. The Kier molecular flexibility index (Phi) is 3.46. The normalized spacial score (nSPS) is 12.2. The number of aromatic nitrogens is 2. The van der Waals surface area contributed by atoms with Crippen LogP contribution in [0.5, 0.6) is 0 Å². The van der Waals surface area contributed by atoms with E-state index in [2.05, 4.69) is 14.9 Å². The van der Waals surface area contributed by atoms with E-state index < -0.39 is 11.9 Å². The van der Waals surface area contributed by atoms with Crippen LogP contribution < -0.4 is 5.73 Å². The Morgan fingerprint density at radius 3 is 2.68 bits per heavy atom. The van der Waals surface area contributed by atoms with Gasteiger partial charge in [0.15, 0.2) is 0 Å². The lowest BCUT2D eigenvalue weighted by atomic mass is 10.1. The van der Waals surface area contributed by atoms with Crippen LogP contribution in [0.3, 0.4) is 0 Å². The fourth-order valence-electron chi connectivity index (χ4n) is 1.71. The minimum Gasteiger partial charge on any atom is -0.379 e. The number of nitrogens with zero attached hydrogens (tertiary/aromatic N) is 3. The van der Waals surface area contributed by atoms with Crippen LogP contribution in [0, 0.1) is 5.82 Å². The number of amides is 1. The van der Waals surface area contributed by atoms with Crippen LogP contribution in [0.15, 0.2) is 28.9 Å². The molecule has 2 rings (SSSR count). The number of hydrogen-bond donors (Lipinski definition) is 1. The summed E-state index contributed by atoms with van der Waals surface area (Å²) in [7, 11) is 1.54. The second kappa shape index (κ2) is 5.05. The van der Waals surface area contributed by atoms with E-state index in [1.807, 2.05) is 0 Å². The van der Waals surface area contributed by atoms with Gasteiger partial charge in [0.1, 0.15) is 5.82 Å². The Balaban J connectivity index is 2.25. The van der Waals surface area contributed by atoms with Gasteiger partial charge in [0.05, 0.1) is 6.04 Å². The lowest BCUT2D eigenvalue weighted by molar-refractivity contribution is 0.0730. The molecule has 0 spiro atoms. The molecule has 0 bridgehead atoms. The molecule has 1 aromatic heterocycles. The lowest BCUT2D eigenvalue weighted by Gasteiger charge is -2.24. The van der Waals surface area contributed by atoms with Crippen LogP contribution in [0.25, 0.3) is 0 Å². The molecular weight excluding hydrogens is 251 g/mol. The summed E-state index contributed by atoms with van der Waals surface area (Å²) in [5, 5.41) is 6.78. The summed E-state index contributed by atoms with van der Waals surface area (Å²) in [5.41, 5.74) is 5.79. The minimum atomic E-state index is -0.477. The smallest absolute Gasteiger partial charge is 0.280 e. The highest BCUT2D eigenvalue weighted by molar-refractivity contribution is 5.96. The van der Waals surface area contributed by atoms with Crippen molar-refractivity contribution in [1.82, 2.24) is 15.2 Å². The average molecular weight is 264 g/mol. The molecule has 0 radical (unpaired) electrons. The Hall–Kier alpha value is -2.44.